The zero-order valence-electron chi connectivity index (χ0n) is 20.9. The summed E-state index contributed by atoms with van der Waals surface area (Å²) in [6.07, 6.45) is 0. The molecular weight excluding hydrogens is 388 g/mol. The van der Waals surface area contributed by atoms with E-state index in [4.69, 9.17) is 0 Å². The van der Waals surface area contributed by atoms with Crippen molar-refractivity contribution in [3.63, 3.8) is 0 Å². The molecule has 0 unspecified atom stereocenters. The minimum Gasteiger partial charge on any atom is -0.225 e. The molecule has 0 spiro atoms. The molecule has 0 aliphatic rings. The van der Waals surface area contributed by atoms with Crippen LogP contribution in [0.1, 0.15) is 81.5 Å². The Balaban J connectivity index is 2.16. The first kappa shape index (κ1) is 22.3. The van der Waals surface area contributed by atoms with Crippen molar-refractivity contribution in [2.75, 3.05) is 0 Å². The van der Waals surface area contributed by atoms with Crippen molar-refractivity contribution >= 4 is 11.0 Å². The van der Waals surface area contributed by atoms with E-state index in [1.165, 1.54) is 50.4 Å². The van der Waals surface area contributed by atoms with E-state index in [9.17, 15) is 0 Å². The number of benzene rings is 3. The van der Waals surface area contributed by atoms with Gasteiger partial charge in [-0.25, -0.2) is 4.57 Å². The standard InChI is InChI=1S/C30H37N2/c1-19(2)23-16-17-26(22(7)18-23)30-31(8)27-14-9-10-15-28(27)32(30)29-24(20(3)4)12-11-13-25(29)21(5)6/h9-21H,1-8H3/q+1. The minimum absolute atomic E-state index is 0.437. The number of imidazole rings is 1. The highest BCUT2D eigenvalue weighted by molar-refractivity contribution is 5.81. The number of nitrogens with zero attached hydrogens (tertiary/aromatic N) is 2. The molecule has 0 radical (unpaired) electrons. The molecule has 2 nitrogen and oxygen atoms in total. The smallest absolute Gasteiger partial charge is 0.225 e. The predicted molar refractivity (Wildman–Crippen MR) is 137 cm³/mol. The van der Waals surface area contributed by atoms with Crippen molar-refractivity contribution in [2.24, 2.45) is 7.05 Å². The maximum atomic E-state index is 2.53. The average molecular weight is 426 g/mol. The third kappa shape index (κ3) is 3.66. The fraction of sp³-hybridized carbons (Fsp3) is 0.367. The largest absolute Gasteiger partial charge is 0.295 e. The molecule has 0 bridgehead atoms. The lowest BCUT2D eigenvalue weighted by atomic mass is 9.92. The van der Waals surface area contributed by atoms with E-state index in [1.807, 2.05) is 0 Å². The van der Waals surface area contributed by atoms with Gasteiger partial charge >= 0.3 is 0 Å². The highest BCUT2D eigenvalue weighted by atomic mass is 15.2. The minimum atomic E-state index is 0.437. The van der Waals surface area contributed by atoms with E-state index in [-0.39, 0.29) is 0 Å². The van der Waals surface area contributed by atoms with Gasteiger partial charge in [-0.05, 0) is 54.0 Å². The van der Waals surface area contributed by atoms with Crippen molar-refractivity contribution < 1.29 is 4.57 Å². The topological polar surface area (TPSA) is 8.81 Å². The molecule has 3 aromatic carbocycles. The van der Waals surface area contributed by atoms with E-state index >= 15 is 0 Å². The quantitative estimate of drug-likeness (QED) is 0.288. The number of hydrogen-bond donors (Lipinski definition) is 0. The van der Waals surface area contributed by atoms with Gasteiger partial charge in [0.1, 0.15) is 5.69 Å². The Morgan fingerprint density at radius 1 is 0.719 bits per heavy atom. The van der Waals surface area contributed by atoms with Crippen molar-refractivity contribution in [1.82, 2.24) is 4.57 Å². The normalized spacial score (nSPS) is 12.0. The molecule has 0 N–H and O–H groups in total. The molecule has 0 amide bonds. The Morgan fingerprint density at radius 2 is 1.34 bits per heavy atom. The van der Waals surface area contributed by atoms with Crippen LogP contribution in [0.3, 0.4) is 0 Å². The first-order valence-electron chi connectivity index (χ1n) is 12.0. The molecule has 4 aromatic rings. The third-order valence-corrected chi connectivity index (χ3v) is 6.74. The van der Waals surface area contributed by atoms with Crippen LogP contribution in [0.15, 0.2) is 60.7 Å². The maximum Gasteiger partial charge on any atom is 0.295 e. The molecule has 0 fully saturated rings. The second-order valence-corrected chi connectivity index (χ2v) is 10.0. The van der Waals surface area contributed by atoms with Gasteiger partial charge in [0.2, 0.25) is 0 Å². The Morgan fingerprint density at radius 3 is 1.91 bits per heavy atom. The van der Waals surface area contributed by atoms with Crippen LogP contribution in [-0.4, -0.2) is 4.57 Å². The van der Waals surface area contributed by atoms with Crippen LogP contribution >= 0.6 is 0 Å². The monoisotopic (exact) mass is 425 g/mol. The van der Waals surface area contributed by atoms with Crippen molar-refractivity contribution in [2.45, 2.75) is 66.2 Å². The summed E-state index contributed by atoms with van der Waals surface area (Å²) in [7, 11) is 2.21. The summed E-state index contributed by atoms with van der Waals surface area (Å²) in [4.78, 5) is 0. The SMILES string of the molecule is Cc1cc(C(C)C)ccc1-c1n(-c2c(C(C)C)cccc2C(C)C)c2ccccc2[n+]1C. The van der Waals surface area contributed by atoms with Gasteiger partial charge in [-0.2, -0.15) is 4.57 Å². The predicted octanol–water partition coefficient (Wildman–Crippen LogP) is 7.80. The van der Waals surface area contributed by atoms with Gasteiger partial charge in [-0.15, -0.1) is 0 Å². The summed E-state index contributed by atoms with van der Waals surface area (Å²) in [6, 6.07) is 22.6. The Hall–Kier alpha value is -2.87. The molecule has 0 aliphatic carbocycles. The van der Waals surface area contributed by atoms with Crippen LogP contribution in [0.4, 0.5) is 0 Å². The molecule has 166 valence electrons. The van der Waals surface area contributed by atoms with Gasteiger partial charge in [0, 0.05) is 11.1 Å². The molecule has 1 aromatic heterocycles. The van der Waals surface area contributed by atoms with Gasteiger partial charge < -0.3 is 0 Å². The second kappa shape index (κ2) is 8.58. The molecule has 1 heterocycles. The summed E-state index contributed by atoms with van der Waals surface area (Å²) in [6.45, 7) is 16.0. The van der Waals surface area contributed by atoms with Gasteiger partial charge in [0.25, 0.3) is 5.82 Å². The summed E-state index contributed by atoms with van der Waals surface area (Å²) in [5.74, 6) is 2.64. The van der Waals surface area contributed by atoms with Gasteiger partial charge in [-0.1, -0.05) is 84.0 Å². The van der Waals surface area contributed by atoms with E-state index in [0.29, 0.717) is 17.8 Å². The first-order chi connectivity index (χ1) is 15.2. The summed E-state index contributed by atoms with van der Waals surface area (Å²) < 4.78 is 4.89. The fourth-order valence-electron chi connectivity index (χ4n) is 4.91. The molecule has 0 atom stereocenters. The van der Waals surface area contributed by atoms with Crippen LogP contribution in [0.2, 0.25) is 0 Å². The highest BCUT2D eigenvalue weighted by Gasteiger charge is 2.31. The second-order valence-electron chi connectivity index (χ2n) is 10.0. The third-order valence-electron chi connectivity index (χ3n) is 6.74. The van der Waals surface area contributed by atoms with E-state index < -0.39 is 0 Å². The van der Waals surface area contributed by atoms with Crippen molar-refractivity contribution in [3.05, 3.63) is 82.9 Å². The first-order valence-corrected chi connectivity index (χ1v) is 12.0. The number of aryl methyl sites for hydroxylation is 2. The number of rotatable bonds is 5. The average Bonchev–Trinajstić information content (AvgIpc) is 3.05. The molecular formula is C30H37N2+. The Kier molecular flexibility index (Phi) is 5.99. The molecule has 0 aliphatic heterocycles. The van der Waals surface area contributed by atoms with Crippen molar-refractivity contribution in [3.8, 4) is 17.1 Å². The lowest BCUT2D eigenvalue weighted by molar-refractivity contribution is -0.633. The van der Waals surface area contributed by atoms with Crippen molar-refractivity contribution in [1.29, 1.82) is 0 Å². The van der Waals surface area contributed by atoms with Gasteiger partial charge in [-0.3, -0.25) is 0 Å². The van der Waals surface area contributed by atoms with E-state index in [0.717, 1.165) is 0 Å². The number of hydrogen-bond acceptors (Lipinski definition) is 0. The zero-order valence-corrected chi connectivity index (χ0v) is 20.9. The van der Waals surface area contributed by atoms with Gasteiger partial charge in [0.15, 0.2) is 11.0 Å². The Labute approximate surface area is 193 Å². The lowest BCUT2D eigenvalue weighted by Gasteiger charge is -2.18. The Bertz CT molecular complexity index is 1250. The van der Waals surface area contributed by atoms with Crippen LogP contribution in [0.25, 0.3) is 28.1 Å². The zero-order chi connectivity index (χ0) is 23.2. The van der Waals surface area contributed by atoms with E-state index in [1.54, 1.807) is 0 Å². The summed E-state index contributed by atoms with van der Waals surface area (Å²) in [5.41, 5.74) is 10.7. The summed E-state index contributed by atoms with van der Waals surface area (Å²) in [5, 5.41) is 0. The molecule has 2 heteroatoms. The van der Waals surface area contributed by atoms with Crippen LogP contribution < -0.4 is 4.57 Å². The van der Waals surface area contributed by atoms with Gasteiger partial charge in [0.05, 0.1) is 12.6 Å². The number of aromatic nitrogens is 2. The fourth-order valence-corrected chi connectivity index (χ4v) is 4.91. The van der Waals surface area contributed by atoms with Crippen LogP contribution in [-0.2, 0) is 7.05 Å². The lowest BCUT2D eigenvalue weighted by Crippen LogP contribution is -2.30. The molecule has 32 heavy (non-hydrogen) atoms. The molecule has 4 rings (SSSR count). The van der Waals surface area contributed by atoms with Crippen LogP contribution in [0.5, 0.6) is 0 Å². The number of para-hydroxylation sites is 3. The summed E-state index contributed by atoms with van der Waals surface area (Å²) >= 11 is 0. The molecule has 0 saturated heterocycles. The van der Waals surface area contributed by atoms with E-state index in [2.05, 4.69) is 125 Å². The maximum absolute atomic E-state index is 2.53. The highest BCUT2D eigenvalue weighted by Crippen LogP contribution is 2.37. The number of fused-ring (bicyclic) bond motifs is 1. The van der Waals surface area contributed by atoms with Crippen LogP contribution in [0, 0.1) is 6.92 Å². The molecule has 0 saturated carbocycles.